The van der Waals surface area contributed by atoms with E-state index >= 15 is 0 Å². The number of nitrogens with one attached hydrogen (secondary N) is 2. The van der Waals surface area contributed by atoms with Gasteiger partial charge in [-0.05, 0) is 81.1 Å². The Bertz CT molecular complexity index is 833. The second-order valence-corrected chi connectivity index (χ2v) is 8.11. The van der Waals surface area contributed by atoms with Gasteiger partial charge in [0, 0.05) is 29.4 Å². The van der Waals surface area contributed by atoms with Crippen molar-refractivity contribution in [1.82, 2.24) is 10.2 Å². The minimum Gasteiger partial charge on any atom is -0.352 e. The number of hydrogen-bond donors (Lipinski definition) is 2. The maximum absolute atomic E-state index is 12.6. The van der Waals surface area contributed by atoms with Crippen molar-refractivity contribution in [1.29, 1.82) is 0 Å². The molecule has 5 nitrogen and oxygen atoms in total. The minimum absolute atomic E-state index is 0.0427. The zero-order chi connectivity index (χ0) is 20.1. The fourth-order valence-corrected chi connectivity index (χ4v) is 4.64. The predicted molar refractivity (Wildman–Crippen MR) is 115 cm³/mol. The van der Waals surface area contributed by atoms with Crippen molar-refractivity contribution in [2.75, 3.05) is 25.0 Å². The molecule has 2 aromatic rings. The number of rotatable bonds is 5. The lowest BCUT2D eigenvalue weighted by Gasteiger charge is -2.44. The Morgan fingerprint density at radius 2 is 1.55 bits per heavy atom. The van der Waals surface area contributed by atoms with E-state index in [0.717, 1.165) is 6.54 Å². The van der Waals surface area contributed by atoms with E-state index in [4.69, 9.17) is 0 Å². The van der Waals surface area contributed by atoms with Crippen molar-refractivity contribution in [3.8, 4) is 0 Å². The van der Waals surface area contributed by atoms with Crippen molar-refractivity contribution in [2.24, 2.45) is 5.92 Å². The van der Waals surface area contributed by atoms with Crippen molar-refractivity contribution in [2.45, 2.75) is 38.1 Å². The van der Waals surface area contributed by atoms with Gasteiger partial charge >= 0.3 is 0 Å². The van der Waals surface area contributed by atoms with Crippen molar-refractivity contribution in [3.05, 3.63) is 65.7 Å². The van der Waals surface area contributed by atoms with Gasteiger partial charge in [0.25, 0.3) is 11.8 Å². The molecule has 5 heteroatoms. The van der Waals surface area contributed by atoms with Crippen LogP contribution >= 0.6 is 0 Å². The highest BCUT2D eigenvalue weighted by atomic mass is 16.2. The first-order chi connectivity index (χ1) is 14.2. The van der Waals surface area contributed by atoms with Crippen molar-refractivity contribution >= 4 is 17.5 Å². The van der Waals surface area contributed by atoms with Gasteiger partial charge in [0.05, 0.1) is 0 Å². The molecule has 0 bridgehead atoms. The van der Waals surface area contributed by atoms with Gasteiger partial charge in [0.1, 0.15) is 0 Å². The lowest BCUT2D eigenvalue weighted by Crippen LogP contribution is -2.51. The fourth-order valence-electron chi connectivity index (χ4n) is 4.64. The van der Waals surface area contributed by atoms with Gasteiger partial charge in [-0.3, -0.25) is 9.59 Å². The summed E-state index contributed by atoms with van der Waals surface area (Å²) in [6.45, 7) is 3.17. The van der Waals surface area contributed by atoms with E-state index in [1.807, 2.05) is 18.2 Å². The van der Waals surface area contributed by atoms with Crippen molar-refractivity contribution in [3.63, 3.8) is 0 Å². The average molecular weight is 392 g/mol. The molecule has 0 unspecified atom stereocenters. The lowest BCUT2D eigenvalue weighted by atomic mass is 9.83. The Morgan fingerprint density at radius 3 is 2.34 bits per heavy atom. The van der Waals surface area contributed by atoms with Crippen LogP contribution < -0.4 is 10.6 Å². The third kappa shape index (κ3) is 4.85. The van der Waals surface area contributed by atoms with Crippen LogP contribution in [0.15, 0.2) is 54.6 Å². The molecular formula is C24H29N3O2. The summed E-state index contributed by atoms with van der Waals surface area (Å²) < 4.78 is 0. The molecule has 29 heavy (non-hydrogen) atoms. The van der Waals surface area contributed by atoms with Gasteiger partial charge in [0.2, 0.25) is 0 Å². The Morgan fingerprint density at radius 1 is 0.828 bits per heavy atom. The van der Waals surface area contributed by atoms with Crippen LogP contribution in [0.5, 0.6) is 0 Å². The van der Waals surface area contributed by atoms with E-state index in [-0.39, 0.29) is 11.8 Å². The molecule has 2 saturated heterocycles. The van der Waals surface area contributed by atoms with E-state index in [1.165, 1.54) is 45.2 Å². The molecule has 0 saturated carbocycles. The van der Waals surface area contributed by atoms with E-state index < -0.39 is 0 Å². The summed E-state index contributed by atoms with van der Waals surface area (Å²) in [6.07, 6.45) is 6.31. The quantitative estimate of drug-likeness (QED) is 0.812. The average Bonchev–Trinajstić information content (AvgIpc) is 2.78. The van der Waals surface area contributed by atoms with Crippen LogP contribution in [0.1, 0.15) is 52.8 Å². The standard InChI is InChI=1S/C24H29N3O2/c28-23(25-17-20-9-6-16-27-15-5-4-10-22(20)27)19-11-13-21(14-12-19)26-24(29)18-7-2-1-3-8-18/h1-3,7-8,11-14,20,22H,4-6,9-10,15-17H2,(H,25,28)(H,26,29)/t20-,22+/m0/s1. The predicted octanol–water partition coefficient (Wildman–Crippen LogP) is 3.93. The fraction of sp³-hybridized carbons (Fsp3) is 0.417. The Hall–Kier alpha value is -2.66. The molecule has 2 aromatic carbocycles. The summed E-state index contributed by atoms with van der Waals surface area (Å²) >= 11 is 0. The van der Waals surface area contributed by atoms with E-state index in [0.29, 0.717) is 28.8 Å². The smallest absolute Gasteiger partial charge is 0.255 e. The lowest BCUT2D eigenvalue weighted by molar-refractivity contribution is 0.0575. The van der Waals surface area contributed by atoms with Crippen LogP contribution in [0, 0.1) is 5.92 Å². The van der Waals surface area contributed by atoms with Gasteiger partial charge in [0.15, 0.2) is 0 Å². The highest BCUT2D eigenvalue weighted by Gasteiger charge is 2.32. The van der Waals surface area contributed by atoms with Crippen molar-refractivity contribution < 1.29 is 9.59 Å². The first kappa shape index (κ1) is 19.6. The Labute approximate surface area is 172 Å². The molecule has 2 heterocycles. The largest absolute Gasteiger partial charge is 0.352 e. The molecule has 0 aliphatic carbocycles. The molecule has 2 fully saturated rings. The summed E-state index contributed by atoms with van der Waals surface area (Å²) in [5, 5.41) is 6.00. The second-order valence-electron chi connectivity index (χ2n) is 8.11. The highest BCUT2D eigenvalue weighted by molar-refractivity contribution is 6.04. The first-order valence-electron chi connectivity index (χ1n) is 10.7. The molecule has 2 atom stereocenters. The molecule has 2 aliphatic rings. The summed E-state index contributed by atoms with van der Waals surface area (Å²) in [5.41, 5.74) is 1.91. The number of piperidine rings is 2. The molecule has 0 aromatic heterocycles. The Kier molecular flexibility index (Phi) is 6.25. The number of carbonyl (C=O) groups excluding carboxylic acids is 2. The minimum atomic E-state index is -0.155. The number of fused-ring (bicyclic) bond motifs is 1. The molecule has 2 N–H and O–H groups in total. The zero-order valence-electron chi connectivity index (χ0n) is 16.8. The van der Waals surface area contributed by atoms with Crippen LogP contribution in [-0.2, 0) is 0 Å². The maximum Gasteiger partial charge on any atom is 0.255 e. The Balaban J connectivity index is 1.30. The number of nitrogens with zero attached hydrogens (tertiary/aromatic N) is 1. The van der Waals surface area contributed by atoms with Crippen LogP contribution in [-0.4, -0.2) is 42.4 Å². The van der Waals surface area contributed by atoms with Gasteiger partial charge in [-0.25, -0.2) is 0 Å². The third-order valence-corrected chi connectivity index (χ3v) is 6.19. The van der Waals surface area contributed by atoms with Crippen LogP contribution in [0.25, 0.3) is 0 Å². The van der Waals surface area contributed by atoms with Gasteiger partial charge in [-0.2, -0.15) is 0 Å². The van der Waals surface area contributed by atoms with E-state index in [9.17, 15) is 9.59 Å². The normalized spacial score (nSPS) is 21.8. The zero-order valence-corrected chi connectivity index (χ0v) is 16.8. The van der Waals surface area contributed by atoms with Gasteiger partial charge in [-0.1, -0.05) is 24.6 Å². The molecule has 4 rings (SSSR count). The molecule has 2 amide bonds. The highest BCUT2D eigenvalue weighted by Crippen LogP contribution is 2.30. The van der Waals surface area contributed by atoms with E-state index in [1.54, 1.807) is 36.4 Å². The number of anilines is 1. The summed E-state index contributed by atoms with van der Waals surface area (Å²) in [5.74, 6) is 0.355. The van der Waals surface area contributed by atoms with Crippen LogP contribution in [0.2, 0.25) is 0 Å². The molecule has 152 valence electrons. The number of carbonyl (C=O) groups is 2. The molecule has 0 spiro atoms. The van der Waals surface area contributed by atoms with Crippen LogP contribution in [0.4, 0.5) is 5.69 Å². The van der Waals surface area contributed by atoms with Gasteiger partial charge in [-0.15, -0.1) is 0 Å². The van der Waals surface area contributed by atoms with Gasteiger partial charge < -0.3 is 15.5 Å². The number of benzene rings is 2. The molecular weight excluding hydrogens is 362 g/mol. The molecule has 0 radical (unpaired) electrons. The topological polar surface area (TPSA) is 61.4 Å². The summed E-state index contributed by atoms with van der Waals surface area (Å²) in [6, 6.07) is 16.8. The summed E-state index contributed by atoms with van der Waals surface area (Å²) in [4.78, 5) is 27.4. The monoisotopic (exact) mass is 391 g/mol. The first-order valence-corrected chi connectivity index (χ1v) is 10.7. The molecule has 2 aliphatic heterocycles. The summed E-state index contributed by atoms with van der Waals surface area (Å²) in [7, 11) is 0. The SMILES string of the molecule is O=C(NC[C@@H]1CCCN2CCCC[C@H]12)c1ccc(NC(=O)c2ccccc2)cc1. The van der Waals surface area contributed by atoms with E-state index in [2.05, 4.69) is 15.5 Å². The maximum atomic E-state index is 12.6. The number of hydrogen-bond acceptors (Lipinski definition) is 3. The van der Waals surface area contributed by atoms with Crippen LogP contribution in [0.3, 0.4) is 0 Å². The number of amides is 2. The third-order valence-electron chi connectivity index (χ3n) is 6.19. The second kappa shape index (κ2) is 9.23.